The Morgan fingerprint density at radius 1 is 1.22 bits per heavy atom. The van der Waals surface area contributed by atoms with E-state index in [-0.39, 0.29) is 43.5 Å². The first-order valence-corrected chi connectivity index (χ1v) is 9.35. The Balaban J connectivity index is 1.70. The SMILES string of the molecule is O=C(CCn1c(CO)nc2ccccc21)N1CCS(=O)(=O)CC1. The lowest BCUT2D eigenvalue weighted by Gasteiger charge is -2.26. The third-order valence-corrected chi connectivity index (χ3v) is 5.73. The van der Waals surface area contributed by atoms with Crippen molar-refractivity contribution < 1.29 is 18.3 Å². The van der Waals surface area contributed by atoms with E-state index in [1.54, 1.807) is 4.90 Å². The molecule has 0 saturated carbocycles. The van der Waals surface area contributed by atoms with Crippen molar-refractivity contribution in [3.05, 3.63) is 30.1 Å². The standard InChI is InChI=1S/C15H19N3O4S/c19-11-14-16-12-3-1-2-4-13(12)18(14)6-5-15(20)17-7-9-23(21,22)10-8-17/h1-4,19H,5-11H2. The molecule has 0 atom stereocenters. The van der Waals surface area contributed by atoms with E-state index in [1.165, 1.54) is 0 Å². The molecule has 1 aromatic heterocycles. The molecular weight excluding hydrogens is 318 g/mol. The number of benzene rings is 1. The van der Waals surface area contributed by atoms with Crippen LogP contribution in [0.25, 0.3) is 11.0 Å². The van der Waals surface area contributed by atoms with E-state index in [2.05, 4.69) is 4.98 Å². The van der Waals surface area contributed by atoms with Crippen molar-refractivity contribution in [2.45, 2.75) is 19.6 Å². The van der Waals surface area contributed by atoms with Gasteiger partial charge in [-0.1, -0.05) is 12.1 Å². The summed E-state index contributed by atoms with van der Waals surface area (Å²) in [4.78, 5) is 18.2. The molecule has 0 bridgehead atoms. The minimum Gasteiger partial charge on any atom is -0.388 e. The second-order valence-electron chi connectivity index (χ2n) is 5.61. The molecule has 1 saturated heterocycles. The summed E-state index contributed by atoms with van der Waals surface area (Å²) in [7, 11) is -2.99. The number of para-hydroxylation sites is 2. The van der Waals surface area contributed by atoms with E-state index in [0.717, 1.165) is 11.0 Å². The lowest BCUT2D eigenvalue weighted by molar-refractivity contribution is -0.131. The number of aryl methyl sites for hydroxylation is 1. The van der Waals surface area contributed by atoms with Gasteiger partial charge in [-0.25, -0.2) is 13.4 Å². The molecule has 0 aliphatic carbocycles. The zero-order chi connectivity index (χ0) is 16.4. The van der Waals surface area contributed by atoms with E-state index >= 15 is 0 Å². The van der Waals surface area contributed by atoms with Gasteiger partial charge in [0.2, 0.25) is 5.91 Å². The minimum atomic E-state index is -2.99. The number of carbonyl (C=O) groups is 1. The number of aliphatic hydroxyl groups is 1. The maximum atomic E-state index is 12.3. The van der Waals surface area contributed by atoms with Gasteiger partial charge in [-0.2, -0.15) is 0 Å². The van der Waals surface area contributed by atoms with Crippen molar-refractivity contribution in [1.82, 2.24) is 14.5 Å². The molecule has 0 unspecified atom stereocenters. The van der Waals surface area contributed by atoms with Crippen molar-refractivity contribution >= 4 is 26.8 Å². The number of imidazole rings is 1. The highest BCUT2D eigenvalue weighted by atomic mass is 32.2. The first-order valence-electron chi connectivity index (χ1n) is 7.53. The summed E-state index contributed by atoms with van der Waals surface area (Å²) < 4.78 is 24.7. The maximum absolute atomic E-state index is 12.3. The van der Waals surface area contributed by atoms with Crippen LogP contribution in [0.1, 0.15) is 12.2 Å². The van der Waals surface area contributed by atoms with Gasteiger partial charge >= 0.3 is 0 Å². The predicted molar refractivity (Wildman–Crippen MR) is 85.5 cm³/mol. The molecule has 0 radical (unpaired) electrons. The molecule has 2 heterocycles. The molecule has 1 amide bonds. The summed E-state index contributed by atoms with van der Waals surface area (Å²) >= 11 is 0. The van der Waals surface area contributed by atoms with Crippen molar-refractivity contribution in [2.75, 3.05) is 24.6 Å². The van der Waals surface area contributed by atoms with Gasteiger partial charge < -0.3 is 14.6 Å². The molecule has 23 heavy (non-hydrogen) atoms. The van der Waals surface area contributed by atoms with Gasteiger partial charge in [-0.05, 0) is 12.1 Å². The van der Waals surface area contributed by atoms with Gasteiger partial charge in [0.05, 0.1) is 22.5 Å². The highest BCUT2D eigenvalue weighted by Crippen LogP contribution is 2.17. The number of sulfone groups is 1. The van der Waals surface area contributed by atoms with Crippen molar-refractivity contribution in [3.63, 3.8) is 0 Å². The third kappa shape index (κ3) is 3.37. The van der Waals surface area contributed by atoms with Crippen LogP contribution in [0.4, 0.5) is 0 Å². The second-order valence-corrected chi connectivity index (χ2v) is 7.91. The first kappa shape index (κ1) is 15.9. The van der Waals surface area contributed by atoms with Crippen LogP contribution in [-0.4, -0.2) is 58.5 Å². The van der Waals surface area contributed by atoms with Crippen LogP contribution >= 0.6 is 0 Å². The number of fused-ring (bicyclic) bond motifs is 1. The number of nitrogens with zero attached hydrogens (tertiary/aromatic N) is 3. The fourth-order valence-corrected chi connectivity index (χ4v) is 4.02. The molecule has 7 nitrogen and oxygen atoms in total. The topological polar surface area (TPSA) is 92.5 Å². The Morgan fingerprint density at radius 3 is 2.61 bits per heavy atom. The summed E-state index contributed by atoms with van der Waals surface area (Å²) in [5, 5.41) is 9.45. The Morgan fingerprint density at radius 2 is 1.91 bits per heavy atom. The van der Waals surface area contributed by atoms with E-state index in [4.69, 9.17) is 0 Å². The number of amides is 1. The molecular formula is C15H19N3O4S. The molecule has 1 fully saturated rings. The summed E-state index contributed by atoms with van der Waals surface area (Å²) in [6, 6.07) is 7.53. The van der Waals surface area contributed by atoms with Gasteiger partial charge in [-0.3, -0.25) is 4.79 Å². The summed E-state index contributed by atoms with van der Waals surface area (Å²) in [5.74, 6) is 0.533. The number of hydrogen-bond donors (Lipinski definition) is 1. The molecule has 1 aliphatic heterocycles. The molecule has 1 aromatic carbocycles. The van der Waals surface area contributed by atoms with Gasteiger partial charge in [0.15, 0.2) is 9.84 Å². The van der Waals surface area contributed by atoms with Crippen LogP contribution in [0.5, 0.6) is 0 Å². The Bertz CT molecular complexity index is 814. The monoisotopic (exact) mass is 337 g/mol. The van der Waals surface area contributed by atoms with Crippen molar-refractivity contribution in [1.29, 1.82) is 0 Å². The normalized spacial score (nSPS) is 17.5. The average Bonchev–Trinajstić information content (AvgIpc) is 2.90. The Kier molecular flexibility index (Phi) is 4.36. The molecule has 1 aliphatic rings. The smallest absolute Gasteiger partial charge is 0.224 e. The summed E-state index contributed by atoms with van der Waals surface area (Å²) in [6.45, 7) is 0.751. The number of rotatable bonds is 4. The van der Waals surface area contributed by atoms with Crippen molar-refractivity contribution in [3.8, 4) is 0 Å². The van der Waals surface area contributed by atoms with Crippen LogP contribution < -0.4 is 0 Å². The number of aliphatic hydroxyl groups excluding tert-OH is 1. The average molecular weight is 337 g/mol. The molecule has 8 heteroatoms. The summed E-state index contributed by atoms with van der Waals surface area (Å²) in [6.07, 6.45) is 0.257. The first-order chi connectivity index (χ1) is 11.0. The fraction of sp³-hybridized carbons (Fsp3) is 0.467. The highest BCUT2D eigenvalue weighted by Gasteiger charge is 2.25. The molecule has 3 rings (SSSR count). The van der Waals surface area contributed by atoms with Gasteiger partial charge in [0.25, 0.3) is 0 Å². The van der Waals surface area contributed by atoms with E-state index in [9.17, 15) is 18.3 Å². The van der Waals surface area contributed by atoms with E-state index in [1.807, 2.05) is 28.8 Å². The minimum absolute atomic E-state index is 0.0363. The zero-order valence-electron chi connectivity index (χ0n) is 12.7. The number of aromatic nitrogens is 2. The van der Waals surface area contributed by atoms with Crippen LogP contribution in [-0.2, 0) is 27.8 Å². The molecule has 1 N–H and O–H groups in total. The van der Waals surface area contributed by atoms with Crippen LogP contribution in [0.15, 0.2) is 24.3 Å². The Labute approximate surface area is 134 Å². The summed E-state index contributed by atoms with van der Waals surface area (Å²) in [5.41, 5.74) is 1.67. The lowest BCUT2D eigenvalue weighted by Crippen LogP contribution is -2.43. The number of hydrogen-bond acceptors (Lipinski definition) is 5. The lowest BCUT2D eigenvalue weighted by atomic mass is 10.3. The highest BCUT2D eigenvalue weighted by molar-refractivity contribution is 7.91. The third-order valence-electron chi connectivity index (χ3n) is 4.12. The van der Waals surface area contributed by atoms with Gasteiger partial charge in [-0.15, -0.1) is 0 Å². The zero-order valence-corrected chi connectivity index (χ0v) is 13.5. The maximum Gasteiger partial charge on any atom is 0.224 e. The van der Waals surface area contributed by atoms with Crippen LogP contribution in [0.2, 0.25) is 0 Å². The van der Waals surface area contributed by atoms with E-state index < -0.39 is 9.84 Å². The largest absolute Gasteiger partial charge is 0.388 e. The molecule has 0 spiro atoms. The molecule has 2 aromatic rings. The van der Waals surface area contributed by atoms with Crippen LogP contribution in [0.3, 0.4) is 0 Å². The molecule has 124 valence electrons. The van der Waals surface area contributed by atoms with Crippen molar-refractivity contribution in [2.24, 2.45) is 0 Å². The fourth-order valence-electron chi connectivity index (χ4n) is 2.82. The van der Waals surface area contributed by atoms with Gasteiger partial charge in [0.1, 0.15) is 12.4 Å². The van der Waals surface area contributed by atoms with Crippen LogP contribution in [0, 0.1) is 0 Å². The predicted octanol–water partition coefficient (Wildman–Crippen LogP) is 0.176. The quantitative estimate of drug-likeness (QED) is 0.859. The van der Waals surface area contributed by atoms with E-state index in [0.29, 0.717) is 12.4 Å². The second kappa shape index (κ2) is 6.29. The number of carbonyl (C=O) groups excluding carboxylic acids is 1. The van der Waals surface area contributed by atoms with Gasteiger partial charge in [0, 0.05) is 26.1 Å². The Hall–Kier alpha value is -1.93.